The molecule has 0 spiro atoms. The van der Waals surface area contributed by atoms with Gasteiger partial charge in [0.15, 0.2) is 0 Å². The number of ether oxygens (including phenoxy) is 1. The average molecular weight is 230 g/mol. The molecule has 0 saturated carbocycles. The maximum atomic E-state index is 11.8. The zero-order chi connectivity index (χ0) is 11.5. The second kappa shape index (κ2) is 5.09. The lowest BCUT2D eigenvalue weighted by molar-refractivity contribution is -0.134. The van der Waals surface area contributed by atoms with Crippen LogP contribution in [0.3, 0.4) is 0 Å². The molecule has 0 aromatic carbocycles. The van der Waals surface area contributed by atoms with Gasteiger partial charge in [0.1, 0.15) is 0 Å². The zero-order valence-corrected chi connectivity index (χ0v) is 9.13. The summed E-state index contributed by atoms with van der Waals surface area (Å²) in [6.45, 7) is 2.58. The second-order valence-corrected chi connectivity index (χ2v) is 4.33. The number of carbonyl (C=O) groups excluding carboxylic acids is 1. The van der Waals surface area contributed by atoms with Gasteiger partial charge in [0.05, 0.1) is 31.3 Å². The topological polar surface area (TPSA) is 82.0 Å². The van der Waals surface area contributed by atoms with E-state index in [1.165, 1.54) is 4.90 Å². The summed E-state index contributed by atoms with van der Waals surface area (Å²) in [5, 5.41) is 21.8. The maximum absolute atomic E-state index is 11.8. The molecular formula is C10H18N2O4. The van der Waals surface area contributed by atoms with Crippen LogP contribution in [0.25, 0.3) is 0 Å². The number of nitrogens with one attached hydrogen (secondary N) is 1. The molecule has 16 heavy (non-hydrogen) atoms. The molecule has 2 heterocycles. The third kappa shape index (κ3) is 2.70. The van der Waals surface area contributed by atoms with E-state index in [-0.39, 0.29) is 25.1 Å². The summed E-state index contributed by atoms with van der Waals surface area (Å²) in [4.78, 5) is 13.3. The Morgan fingerprint density at radius 1 is 1.38 bits per heavy atom. The molecule has 2 fully saturated rings. The minimum Gasteiger partial charge on any atom is -0.388 e. The summed E-state index contributed by atoms with van der Waals surface area (Å²) >= 11 is 0. The lowest BCUT2D eigenvalue weighted by atomic mass is 10.2. The third-order valence-electron chi connectivity index (χ3n) is 3.02. The number of β-amino-alcohol motifs (C(OH)–C–C–N with tert-alkyl or cyclic N) is 2. The number of aliphatic hydroxyl groups excluding tert-OH is 2. The first-order valence-electron chi connectivity index (χ1n) is 5.63. The Morgan fingerprint density at radius 2 is 2.06 bits per heavy atom. The van der Waals surface area contributed by atoms with E-state index in [1.807, 2.05) is 0 Å². The second-order valence-electron chi connectivity index (χ2n) is 4.33. The predicted octanol–water partition coefficient (Wildman–Crippen LogP) is -2.07. The smallest absolute Gasteiger partial charge is 0.225 e. The number of carbonyl (C=O) groups is 1. The van der Waals surface area contributed by atoms with E-state index in [1.54, 1.807) is 0 Å². The number of hydrogen-bond donors (Lipinski definition) is 3. The highest BCUT2D eigenvalue weighted by atomic mass is 16.5. The first-order chi connectivity index (χ1) is 7.66. The molecular weight excluding hydrogens is 212 g/mol. The van der Waals surface area contributed by atoms with E-state index < -0.39 is 12.2 Å². The first-order valence-corrected chi connectivity index (χ1v) is 5.63. The van der Waals surface area contributed by atoms with Crippen molar-refractivity contribution >= 4 is 5.91 Å². The molecule has 92 valence electrons. The van der Waals surface area contributed by atoms with E-state index >= 15 is 0 Å². The quantitative estimate of drug-likeness (QED) is 0.507. The molecule has 0 radical (unpaired) electrons. The van der Waals surface area contributed by atoms with E-state index in [9.17, 15) is 15.0 Å². The Balaban J connectivity index is 1.79. The van der Waals surface area contributed by atoms with Crippen LogP contribution in [0, 0.1) is 0 Å². The summed E-state index contributed by atoms with van der Waals surface area (Å²) in [5.41, 5.74) is 0. The van der Waals surface area contributed by atoms with E-state index in [0.29, 0.717) is 19.6 Å². The molecule has 2 saturated heterocycles. The first kappa shape index (κ1) is 11.8. The van der Waals surface area contributed by atoms with Crippen LogP contribution in [-0.4, -0.2) is 72.1 Å². The molecule has 1 amide bonds. The van der Waals surface area contributed by atoms with Crippen molar-refractivity contribution in [1.82, 2.24) is 10.2 Å². The number of rotatable bonds is 2. The van der Waals surface area contributed by atoms with Crippen LogP contribution in [0.1, 0.15) is 6.42 Å². The van der Waals surface area contributed by atoms with Crippen molar-refractivity contribution in [1.29, 1.82) is 0 Å². The number of likely N-dealkylation sites (tertiary alicyclic amines) is 1. The summed E-state index contributed by atoms with van der Waals surface area (Å²) in [6.07, 6.45) is -1.40. The van der Waals surface area contributed by atoms with Crippen LogP contribution < -0.4 is 5.32 Å². The van der Waals surface area contributed by atoms with Gasteiger partial charge in [0.2, 0.25) is 5.91 Å². The molecule has 3 atom stereocenters. The Bertz CT molecular complexity index is 245. The van der Waals surface area contributed by atoms with Crippen molar-refractivity contribution < 1.29 is 19.7 Å². The summed E-state index contributed by atoms with van der Waals surface area (Å²) in [6, 6.07) is 0. The van der Waals surface area contributed by atoms with Gasteiger partial charge >= 0.3 is 0 Å². The molecule has 2 rings (SSSR count). The van der Waals surface area contributed by atoms with E-state index in [2.05, 4.69) is 5.32 Å². The molecule has 0 aromatic rings. The lowest BCUT2D eigenvalue weighted by Crippen LogP contribution is -2.42. The van der Waals surface area contributed by atoms with Crippen LogP contribution >= 0.6 is 0 Å². The Labute approximate surface area is 94.2 Å². The number of morpholine rings is 1. The van der Waals surface area contributed by atoms with Gasteiger partial charge in [-0.1, -0.05) is 0 Å². The fourth-order valence-corrected chi connectivity index (χ4v) is 2.05. The Morgan fingerprint density at radius 3 is 2.62 bits per heavy atom. The number of aliphatic hydroxyl groups is 2. The molecule has 3 N–H and O–H groups in total. The third-order valence-corrected chi connectivity index (χ3v) is 3.02. The summed E-state index contributed by atoms with van der Waals surface area (Å²) in [5.74, 6) is -0.0655. The van der Waals surface area contributed by atoms with Crippen molar-refractivity contribution in [2.24, 2.45) is 0 Å². The van der Waals surface area contributed by atoms with Gasteiger partial charge in [-0.3, -0.25) is 4.79 Å². The van der Waals surface area contributed by atoms with Crippen molar-refractivity contribution in [2.45, 2.75) is 24.7 Å². The van der Waals surface area contributed by atoms with Crippen LogP contribution in [0.4, 0.5) is 0 Å². The minimum atomic E-state index is -0.811. The van der Waals surface area contributed by atoms with Crippen LogP contribution in [0.15, 0.2) is 0 Å². The molecule has 2 aliphatic heterocycles. The highest BCUT2D eigenvalue weighted by Gasteiger charge is 2.33. The average Bonchev–Trinajstić information content (AvgIpc) is 2.61. The number of nitrogens with zero attached hydrogens (tertiary/aromatic N) is 1. The molecule has 6 nitrogen and oxygen atoms in total. The monoisotopic (exact) mass is 230 g/mol. The van der Waals surface area contributed by atoms with Crippen molar-refractivity contribution in [3.63, 3.8) is 0 Å². The molecule has 0 aliphatic carbocycles. The normalized spacial score (nSPS) is 35.4. The van der Waals surface area contributed by atoms with E-state index in [0.717, 1.165) is 6.54 Å². The van der Waals surface area contributed by atoms with Crippen LogP contribution in [0.5, 0.6) is 0 Å². The summed E-state index contributed by atoms with van der Waals surface area (Å²) < 4.78 is 5.43. The molecule has 6 heteroatoms. The van der Waals surface area contributed by atoms with Gasteiger partial charge in [-0.15, -0.1) is 0 Å². The van der Waals surface area contributed by atoms with Gasteiger partial charge in [0, 0.05) is 26.2 Å². The maximum Gasteiger partial charge on any atom is 0.225 e. The van der Waals surface area contributed by atoms with Crippen molar-refractivity contribution in [3.05, 3.63) is 0 Å². The van der Waals surface area contributed by atoms with Gasteiger partial charge < -0.3 is 25.2 Å². The summed E-state index contributed by atoms with van der Waals surface area (Å²) in [7, 11) is 0. The predicted molar refractivity (Wildman–Crippen MR) is 55.8 cm³/mol. The van der Waals surface area contributed by atoms with Gasteiger partial charge in [-0.2, -0.15) is 0 Å². The highest BCUT2D eigenvalue weighted by molar-refractivity contribution is 5.77. The van der Waals surface area contributed by atoms with E-state index in [4.69, 9.17) is 4.74 Å². The van der Waals surface area contributed by atoms with Gasteiger partial charge in [-0.25, -0.2) is 0 Å². The number of hydrogen-bond acceptors (Lipinski definition) is 5. The largest absolute Gasteiger partial charge is 0.388 e. The molecule has 0 aromatic heterocycles. The Kier molecular flexibility index (Phi) is 3.75. The van der Waals surface area contributed by atoms with Crippen LogP contribution in [-0.2, 0) is 9.53 Å². The minimum absolute atomic E-state index is 0.0655. The number of amides is 1. The fourth-order valence-electron chi connectivity index (χ4n) is 2.05. The standard InChI is InChI=1S/C10H18N2O4/c13-8-5-12(6-9(8)14)10(15)3-7-4-11-1-2-16-7/h7-9,11,13-14H,1-6H2/t7?,8-,9+. The zero-order valence-electron chi connectivity index (χ0n) is 9.13. The van der Waals surface area contributed by atoms with Gasteiger partial charge in [0.25, 0.3) is 0 Å². The molecule has 1 unspecified atom stereocenters. The van der Waals surface area contributed by atoms with Crippen molar-refractivity contribution in [2.75, 3.05) is 32.8 Å². The lowest BCUT2D eigenvalue weighted by Gasteiger charge is -2.25. The van der Waals surface area contributed by atoms with Gasteiger partial charge in [-0.05, 0) is 0 Å². The SMILES string of the molecule is O=C(CC1CNCCO1)N1C[C@@H](O)[C@@H](O)C1. The highest BCUT2D eigenvalue weighted by Crippen LogP contribution is 2.13. The van der Waals surface area contributed by atoms with Crippen molar-refractivity contribution in [3.8, 4) is 0 Å². The fraction of sp³-hybridized carbons (Fsp3) is 0.900. The molecule has 2 aliphatic rings. The molecule has 0 bridgehead atoms. The Hall–Kier alpha value is -0.690. The van der Waals surface area contributed by atoms with Crippen LogP contribution in [0.2, 0.25) is 0 Å².